The van der Waals surface area contributed by atoms with E-state index in [-0.39, 0.29) is 5.91 Å². The second kappa shape index (κ2) is 8.49. The second-order valence-corrected chi connectivity index (χ2v) is 8.04. The molecule has 2 heterocycles. The normalized spacial score (nSPS) is 12.1. The minimum atomic E-state index is -0.202. The number of hydrogen-bond acceptors (Lipinski definition) is 5. The smallest absolute Gasteiger partial charge is 0.258 e. The molecular weight excluding hydrogens is 380 g/mol. The van der Waals surface area contributed by atoms with E-state index >= 15 is 0 Å². The first-order valence-corrected chi connectivity index (χ1v) is 10.6. The van der Waals surface area contributed by atoms with Gasteiger partial charge in [-0.1, -0.05) is 80.1 Å². The van der Waals surface area contributed by atoms with Gasteiger partial charge in [-0.2, -0.15) is 0 Å². The molecule has 0 bridgehead atoms. The first kappa shape index (κ1) is 19.2. The van der Waals surface area contributed by atoms with Crippen molar-refractivity contribution in [1.82, 2.24) is 15.2 Å². The summed E-state index contributed by atoms with van der Waals surface area (Å²) in [5.41, 5.74) is 3.10. The van der Waals surface area contributed by atoms with Crippen LogP contribution in [0.25, 0.3) is 22.2 Å². The second-order valence-electron chi connectivity index (χ2n) is 7.03. The molecule has 1 atom stereocenters. The Morgan fingerprint density at radius 3 is 2.62 bits per heavy atom. The van der Waals surface area contributed by atoms with E-state index in [0.29, 0.717) is 16.6 Å². The number of carbonyl (C=O) groups excluding carboxylic acids is 1. The van der Waals surface area contributed by atoms with Gasteiger partial charge in [0.2, 0.25) is 5.13 Å². The Morgan fingerprint density at radius 2 is 1.83 bits per heavy atom. The van der Waals surface area contributed by atoms with Crippen LogP contribution in [0.1, 0.15) is 48.0 Å². The number of nitrogens with zero attached hydrogens (tertiary/aromatic N) is 3. The van der Waals surface area contributed by atoms with Crippen molar-refractivity contribution in [3.05, 3.63) is 71.2 Å². The molecule has 1 N–H and O–H groups in total. The number of para-hydroxylation sites is 1. The molecule has 146 valence electrons. The molecule has 0 saturated heterocycles. The van der Waals surface area contributed by atoms with Crippen LogP contribution in [0.3, 0.4) is 0 Å². The van der Waals surface area contributed by atoms with Crippen molar-refractivity contribution in [2.24, 2.45) is 0 Å². The average Bonchev–Trinajstić information content (AvgIpc) is 3.22. The summed E-state index contributed by atoms with van der Waals surface area (Å²) in [7, 11) is 0. The number of benzene rings is 2. The SMILES string of the molecule is CCC[C@H](C)c1nnc(NC(=O)c2cc(-c3ccccc3)nc3ccccc23)s1. The fraction of sp³-hybridized carbons (Fsp3) is 0.217. The standard InChI is InChI=1S/C23H22N4OS/c1-3-9-15(2)22-26-27-23(29-22)25-21(28)18-14-20(16-10-5-4-6-11-16)24-19-13-8-7-12-17(18)19/h4-8,10-15H,3,9H2,1-2H3,(H,25,27,28)/t15-/m0/s1. The Balaban J connectivity index is 1.68. The molecule has 0 spiro atoms. The number of carbonyl (C=O) groups is 1. The van der Waals surface area contributed by atoms with Crippen LogP contribution in [0.15, 0.2) is 60.7 Å². The number of fused-ring (bicyclic) bond motifs is 1. The fourth-order valence-electron chi connectivity index (χ4n) is 3.33. The molecule has 1 amide bonds. The summed E-state index contributed by atoms with van der Waals surface area (Å²) < 4.78 is 0. The first-order valence-electron chi connectivity index (χ1n) is 9.75. The van der Waals surface area contributed by atoms with E-state index in [0.717, 1.165) is 40.0 Å². The lowest BCUT2D eigenvalue weighted by molar-refractivity contribution is 0.102. The van der Waals surface area contributed by atoms with E-state index in [1.807, 2.05) is 60.7 Å². The zero-order valence-electron chi connectivity index (χ0n) is 16.4. The van der Waals surface area contributed by atoms with Gasteiger partial charge in [0.25, 0.3) is 5.91 Å². The van der Waals surface area contributed by atoms with Gasteiger partial charge in [-0.05, 0) is 18.6 Å². The minimum absolute atomic E-state index is 0.202. The van der Waals surface area contributed by atoms with E-state index in [9.17, 15) is 4.79 Å². The van der Waals surface area contributed by atoms with E-state index < -0.39 is 0 Å². The molecule has 2 aromatic heterocycles. The van der Waals surface area contributed by atoms with E-state index in [4.69, 9.17) is 4.98 Å². The van der Waals surface area contributed by atoms with E-state index in [2.05, 4.69) is 29.4 Å². The van der Waals surface area contributed by atoms with Crippen molar-refractivity contribution in [2.45, 2.75) is 32.6 Å². The van der Waals surface area contributed by atoms with E-state index in [1.54, 1.807) is 0 Å². The fourth-order valence-corrected chi connectivity index (χ4v) is 4.15. The van der Waals surface area contributed by atoms with Gasteiger partial charge in [0.1, 0.15) is 5.01 Å². The number of aromatic nitrogens is 3. The Labute approximate surface area is 173 Å². The predicted octanol–water partition coefficient (Wildman–Crippen LogP) is 5.91. The number of rotatable bonds is 6. The summed E-state index contributed by atoms with van der Waals surface area (Å²) >= 11 is 1.44. The highest BCUT2D eigenvalue weighted by atomic mass is 32.1. The highest BCUT2D eigenvalue weighted by Crippen LogP contribution is 2.28. The molecular formula is C23H22N4OS. The topological polar surface area (TPSA) is 67.8 Å². The molecule has 0 aliphatic heterocycles. The van der Waals surface area contributed by atoms with Crippen LogP contribution < -0.4 is 5.32 Å². The van der Waals surface area contributed by atoms with Crippen molar-refractivity contribution in [2.75, 3.05) is 5.32 Å². The van der Waals surface area contributed by atoms with Crippen molar-refractivity contribution in [3.8, 4) is 11.3 Å². The van der Waals surface area contributed by atoms with Crippen LogP contribution >= 0.6 is 11.3 Å². The maximum Gasteiger partial charge on any atom is 0.258 e. The third-order valence-corrected chi connectivity index (χ3v) is 5.90. The maximum atomic E-state index is 13.1. The predicted molar refractivity (Wildman–Crippen MR) is 118 cm³/mol. The van der Waals surface area contributed by atoms with Crippen LogP contribution in [-0.4, -0.2) is 21.1 Å². The Bertz CT molecular complexity index is 1140. The molecule has 0 aliphatic carbocycles. The average molecular weight is 403 g/mol. The molecule has 6 heteroatoms. The lowest BCUT2D eigenvalue weighted by atomic mass is 10.0. The summed E-state index contributed by atoms with van der Waals surface area (Å²) in [6, 6.07) is 19.4. The van der Waals surface area contributed by atoms with Gasteiger partial charge in [-0.15, -0.1) is 10.2 Å². The number of pyridine rings is 1. The van der Waals surface area contributed by atoms with Gasteiger partial charge in [-0.3, -0.25) is 10.1 Å². The Hall–Kier alpha value is -3.12. The maximum absolute atomic E-state index is 13.1. The minimum Gasteiger partial charge on any atom is -0.296 e. The van der Waals surface area contributed by atoms with Crippen LogP contribution in [0, 0.1) is 0 Å². The number of nitrogens with one attached hydrogen (secondary N) is 1. The molecule has 5 nitrogen and oxygen atoms in total. The van der Waals surface area contributed by atoms with Crippen LogP contribution in [0.4, 0.5) is 5.13 Å². The molecule has 2 aromatic carbocycles. The molecule has 0 radical (unpaired) electrons. The third kappa shape index (κ3) is 4.17. The van der Waals surface area contributed by atoms with Gasteiger partial charge in [0.05, 0.1) is 16.8 Å². The van der Waals surface area contributed by atoms with Gasteiger partial charge >= 0.3 is 0 Å². The monoisotopic (exact) mass is 402 g/mol. The van der Waals surface area contributed by atoms with Crippen molar-refractivity contribution in [3.63, 3.8) is 0 Å². The molecule has 4 rings (SSSR count). The highest BCUT2D eigenvalue weighted by Gasteiger charge is 2.17. The molecule has 0 aliphatic rings. The summed E-state index contributed by atoms with van der Waals surface area (Å²) in [6.07, 6.45) is 2.14. The third-order valence-electron chi connectivity index (χ3n) is 4.83. The van der Waals surface area contributed by atoms with Crippen LogP contribution in [0.5, 0.6) is 0 Å². The molecule has 0 unspecified atom stereocenters. The first-order chi connectivity index (χ1) is 14.2. The quantitative estimate of drug-likeness (QED) is 0.435. The largest absolute Gasteiger partial charge is 0.296 e. The summed E-state index contributed by atoms with van der Waals surface area (Å²) in [5.74, 6) is 0.140. The summed E-state index contributed by atoms with van der Waals surface area (Å²) in [4.78, 5) is 17.9. The van der Waals surface area contributed by atoms with Gasteiger partial charge in [0, 0.05) is 16.9 Å². The summed E-state index contributed by atoms with van der Waals surface area (Å²) in [5, 5.41) is 13.6. The van der Waals surface area contributed by atoms with Gasteiger partial charge in [-0.25, -0.2) is 4.98 Å². The molecule has 0 fully saturated rings. The van der Waals surface area contributed by atoms with Crippen molar-refractivity contribution < 1.29 is 4.79 Å². The lowest BCUT2D eigenvalue weighted by Gasteiger charge is -2.09. The Morgan fingerprint density at radius 1 is 1.07 bits per heavy atom. The zero-order valence-corrected chi connectivity index (χ0v) is 17.2. The van der Waals surface area contributed by atoms with Crippen molar-refractivity contribution >= 4 is 33.3 Å². The number of anilines is 1. The lowest BCUT2D eigenvalue weighted by Crippen LogP contribution is -2.13. The zero-order chi connectivity index (χ0) is 20.2. The van der Waals surface area contributed by atoms with Gasteiger partial charge < -0.3 is 0 Å². The summed E-state index contributed by atoms with van der Waals surface area (Å²) in [6.45, 7) is 4.29. The van der Waals surface area contributed by atoms with Gasteiger partial charge in [0.15, 0.2) is 0 Å². The number of amides is 1. The highest BCUT2D eigenvalue weighted by molar-refractivity contribution is 7.15. The Kier molecular flexibility index (Phi) is 5.62. The molecule has 0 saturated carbocycles. The molecule has 29 heavy (non-hydrogen) atoms. The van der Waals surface area contributed by atoms with Crippen LogP contribution in [0.2, 0.25) is 0 Å². The molecule has 4 aromatic rings. The van der Waals surface area contributed by atoms with Crippen molar-refractivity contribution in [1.29, 1.82) is 0 Å². The van der Waals surface area contributed by atoms with Crippen LogP contribution in [-0.2, 0) is 0 Å². The van der Waals surface area contributed by atoms with E-state index in [1.165, 1.54) is 11.3 Å². The number of hydrogen-bond donors (Lipinski definition) is 1.